The van der Waals surface area contributed by atoms with Gasteiger partial charge in [-0.25, -0.2) is 0 Å². The van der Waals surface area contributed by atoms with E-state index in [-0.39, 0.29) is 0 Å². The summed E-state index contributed by atoms with van der Waals surface area (Å²) in [5.41, 5.74) is 4.86. The standard InChI is InChI=1S/C16H14N2O/c1-2-13-8-12(4-6-16(13)19-7-1)11-3-5-15-14(9-11)10-17-18-15/h3-6,8-10H,1-2,7H2,(H,17,18). The van der Waals surface area contributed by atoms with Crippen LogP contribution in [0.15, 0.2) is 42.6 Å². The number of aryl methyl sites for hydroxylation is 1. The molecule has 0 bridgehead atoms. The van der Waals surface area contributed by atoms with Gasteiger partial charge in [0.15, 0.2) is 0 Å². The highest BCUT2D eigenvalue weighted by Crippen LogP contribution is 2.31. The number of nitrogens with one attached hydrogen (secondary N) is 1. The van der Waals surface area contributed by atoms with Gasteiger partial charge in [-0.1, -0.05) is 12.1 Å². The molecule has 2 heterocycles. The first-order valence-electron chi connectivity index (χ1n) is 6.59. The molecule has 1 N–H and O–H groups in total. The molecule has 3 aromatic rings. The van der Waals surface area contributed by atoms with E-state index >= 15 is 0 Å². The van der Waals surface area contributed by atoms with Crippen molar-refractivity contribution in [2.24, 2.45) is 0 Å². The number of ether oxygens (including phenoxy) is 1. The third-order valence-corrected chi connectivity index (χ3v) is 3.68. The summed E-state index contributed by atoms with van der Waals surface area (Å²) in [6.45, 7) is 0.841. The molecule has 0 saturated heterocycles. The molecular formula is C16H14N2O. The average molecular weight is 250 g/mol. The van der Waals surface area contributed by atoms with Crippen molar-refractivity contribution >= 4 is 10.9 Å². The van der Waals surface area contributed by atoms with E-state index in [4.69, 9.17) is 4.74 Å². The van der Waals surface area contributed by atoms with Crippen LogP contribution in [0.2, 0.25) is 0 Å². The lowest BCUT2D eigenvalue weighted by Gasteiger charge is -2.18. The molecule has 0 unspecified atom stereocenters. The fourth-order valence-electron chi connectivity index (χ4n) is 2.66. The van der Waals surface area contributed by atoms with Crippen LogP contribution in [0.5, 0.6) is 5.75 Å². The monoisotopic (exact) mass is 250 g/mol. The quantitative estimate of drug-likeness (QED) is 0.717. The number of hydrogen-bond donors (Lipinski definition) is 1. The molecule has 0 radical (unpaired) electrons. The Balaban J connectivity index is 1.82. The van der Waals surface area contributed by atoms with Crippen molar-refractivity contribution < 1.29 is 4.74 Å². The lowest BCUT2D eigenvalue weighted by Crippen LogP contribution is -2.07. The summed E-state index contributed by atoms with van der Waals surface area (Å²) in [6.07, 6.45) is 4.08. The summed E-state index contributed by atoms with van der Waals surface area (Å²) in [7, 11) is 0. The zero-order valence-corrected chi connectivity index (χ0v) is 10.5. The smallest absolute Gasteiger partial charge is 0.122 e. The zero-order chi connectivity index (χ0) is 12.7. The van der Waals surface area contributed by atoms with Crippen LogP contribution in [-0.2, 0) is 6.42 Å². The molecule has 4 rings (SSSR count). The van der Waals surface area contributed by atoms with Gasteiger partial charge in [0.05, 0.1) is 18.3 Å². The van der Waals surface area contributed by atoms with Crippen molar-refractivity contribution in [3.05, 3.63) is 48.2 Å². The number of H-pyrrole nitrogens is 1. The van der Waals surface area contributed by atoms with Gasteiger partial charge in [-0.2, -0.15) is 5.10 Å². The number of fused-ring (bicyclic) bond motifs is 2. The van der Waals surface area contributed by atoms with E-state index in [9.17, 15) is 0 Å². The minimum absolute atomic E-state index is 0.841. The minimum Gasteiger partial charge on any atom is -0.493 e. The second kappa shape index (κ2) is 4.12. The van der Waals surface area contributed by atoms with Gasteiger partial charge in [0.2, 0.25) is 0 Å². The van der Waals surface area contributed by atoms with Gasteiger partial charge in [0.1, 0.15) is 5.75 Å². The maximum atomic E-state index is 5.66. The Morgan fingerprint density at radius 3 is 2.95 bits per heavy atom. The maximum absolute atomic E-state index is 5.66. The third kappa shape index (κ3) is 1.78. The van der Waals surface area contributed by atoms with Gasteiger partial charge in [-0.3, -0.25) is 5.10 Å². The Morgan fingerprint density at radius 1 is 1.05 bits per heavy atom. The predicted molar refractivity (Wildman–Crippen MR) is 75.3 cm³/mol. The molecule has 0 spiro atoms. The first-order chi connectivity index (χ1) is 9.40. The normalized spacial score (nSPS) is 14.1. The summed E-state index contributed by atoms with van der Waals surface area (Å²) in [6, 6.07) is 12.8. The third-order valence-electron chi connectivity index (χ3n) is 3.68. The lowest BCUT2D eigenvalue weighted by molar-refractivity contribution is 0.288. The van der Waals surface area contributed by atoms with Crippen molar-refractivity contribution in [1.29, 1.82) is 0 Å². The van der Waals surface area contributed by atoms with Gasteiger partial charge in [-0.05, 0) is 53.8 Å². The van der Waals surface area contributed by atoms with E-state index in [2.05, 4.69) is 46.6 Å². The molecule has 0 amide bonds. The van der Waals surface area contributed by atoms with E-state index in [1.807, 2.05) is 6.20 Å². The molecule has 1 aromatic heterocycles. The van der Waals surface area contributed by atoms with E-state index in [0.29, 0.717) is 0 Å². The van der Waals surface area contributed by atoms with Crippen LogP contribution in [0, 0.1) is 0 Å². The molecule has 0 aliphatic carbocycles. The van der Waals surface area contributed by atoms with Crippen LogP contribution < -0.4 is 4.74 Å². The SMILES string of the molecule is c1cc2c(cc1-c1ccc3[nH]ncc3c1)CCCO2. The van der Waals surface area contributed by atoms with Crippen LogP contribution in [0.3, 0.4) is 0 Å². The number of benzene rings is 2. The number of rotatable bonds is 1. The fourth-order valence-corrected chi connectivity index (χ4v) is 2.66. The largest absolute Gasteiger partial charge is 0.493 e. The summed E-state index contributed by atoms with van der Waals surface area (Å²) in [4.78, 5) is 0. The number of aromatic amines is 1. The molecule has 0 saturated carbocycles. The second-order valence-electron chi connectivity index (χ2n) is 4.95. The van der Waals surface area contributed by atoms with Crippen LogP contribution >= 0.6 is 0 Å². The molecule has 0 fully saturated rings. The summed E-state index contributed by atoms with van der Waals surface area (Å²) < 4.78 is 5.66. The van der Waals surface area contributed by atoms with Gasteiger partial charge >= 0.3 is 0 Å². The van der Waals surface area contributed by atoms with Crippen LogP contribution in [-0.4, -0.2) is 16.8 Å². The highest BCUT2D eigenvalue weighted by Gasteiger charge is 2.11. The molecule has 3 nitrogen and oxygen atoms in total. The Labute approximate surface area is 111 Å². The Kier molecular flexibility index (Phi) is 2.30. The maximum Gasteiger partial charge on any atom is 0.122 e. The van der Waals surface area contributed by atoms with Crippen LogP contribution in [0.1, 0.15) is 12.0 Å². The second-order valence-corrected chi connectivity index (χ2v) is 4.95. The molecule has 1 aliphatic rings. The first-order valence-corrected chi connectivity index (χ1v) is 6.59. The highest BCUT2D eigenvalue weighted by molar-refractivity contribution is 5.84. The fraction of sp³-hybridized carbons (Fsp3) is 0.188. The van der Waals surface area contributed by atoms with Crippen LogP contribution in [0.25, 0.3) is 22.0 Å². The molecule has 94 valence electrons. The Morgan fingerprint density at radius 2 is 1.95 bits per heavy atom. The highest BCUT2D eigenvalue weighted by atomic mass is 16.5. The number of aromatic nitrogens is 2. The van der Waals surface area contributed by atoms with Crippen molar-refractivity contribution in [3.63, 3.8) is 0 Å². The molecule has 2 aromatic carbocycles. The number of hydrogen-bond acceptors (Lipinski definition) is 2. The minimum atomic E-state index is 0.841. The predicted octanol–water partition coefficient (Wildman–Crippen LogP) is 3.55. The lowest BCUT2D eigenvalue weighted by atomic mass is 9.98. The zero-order valence-electron chi connectivity index (χ0n) is 10.5. The van der Waals surface area contributed by atoms with Gasteiger partial charge in [0, 0.05) is 5.39 Å². The molecule has 1 aliphatic heterocycles. The van der Waals surface area contributed by atoms with Crippen molar-refractivity contribution in [2.45, 2.75) is 12.8 Å². The topological polar surface area (TPSA) is 37.9 Å². The van der Waals surface area contributed by atoms with Crippen molar-refractivity contribution in [1.82, 2.24) is 10.2 Å². The van der Waals surface area contributed by atoms with Gasteiger partial charge in [-0.15, -0.1) is 0 Å². The average Bonchev–Trinajstić information content (AvgIpc) is 2.94. The molecule has 3 heteroatoms. The van der Waals surface area contributed by atoms with E-state index in [1.54, 1.807) is 0 Å². The summed E-state index contributed by atoms with van der Waals surface area (Å²) in [5.74, 6) is 1.04. The molecular weight excluding hydrogens is 236 g/mol. The van der Waals surface area contributed by atoms with E-state index < -0.39 is 0 Å². The Bertz CT molecular complexity index is 745. The van der Waals surface area contributed by atoms with E-state index in [1.165, 1.54) is 16.7 Å². The van der Waals surface area contributed by atoms with Gasteiger partial charge in [0.25, 0.3) is 0 Å². The van der Waals surface area contributed by atoms with E-state index in [0.717, 1.165) is 36.1 Å². The summed E-state index contributed by atoms with van der Waals surface area (Å²) in [5, 5.41) is 8.18. The van der Waals surface area contributed by atoms with Gasteiger partial charge < -0.3 is 4.74 Å². The first kappa shape index (κ1) is 10.6. The Hall–Kier alpha value is -2.29. The molecule has 19 heavy (non-hydrogen) atoms. The van der Waals surface area contributed by atoms with Crippen molar-refractivity contribution in [3.8, 4) is 16.9 Å². The number of nitrogens with zero attached hydrogens (tertiary/aromatic N) is 1. The molecule has 0 atom stereocenters. The van der Waals surface area contributed by atoms with Crippen LogP contribution in [0.4, 0.5) is 0 Å². The van der Waals surface area contributed by atoms with Crippen molar-refractivity contribution in [2.75, 3.05) is 6.61 Å². The summed E-state index contributed by atoms with van der Waals surface area (Å²) >= 11 is 0.